The third kappa shape index (κ3) is 3.57. The molecule has 0 bridgehead atoms. The standard InChI is InChI=1S/C23H22N4O2S/c28-21(24-13-18-15-27-11-12-30-23(27)25-18)17-7-4-10-26(14-17)22(29)20-9-3-6-16-5-1-2-8-19(16)20/h1-3,5-6,8-9,11-12,15,17H,4,7,10,13-14H2,(H,24,28). The summed E-state index contributed by atoms with van der Waals surface area (Å²) in [5.41, 5.74) is 1.54. The number of benzene rings is 2. The van der Waals surface area contributed by atoms with Gasteiger partial charge in [0.25, 0.3) is 5.91 Å². The lowest BCUT2D eigenvalue weighted by Gasteiger charge is -2.32. The minimum absolute atomic E-state index is 0.00126. The van der Waals surface area contributed by atoms with E-state index in [9.17, 15) is 9.59 Å². The van der Waals surface area contributed by atoms with E-state index in [2.05, 4.69) is 10.3 Å². The van der Waals surface area contributed by atoms with E-state index in [0.29, 0.717) is 25.2 Å². The molecule has 1 aliphatic heterocycles. The predicted octanol–water partition coefficient (Wildman–Crippen LogP) is 3.72. The maximum atomic E-state index is 13.2. The summed E-state index contributed by atoms with van der Waals surface area (Å²) in [7, 11) is 0. The van der Waals surface area contributed by atoms with E-state index in [0.717, 1.165) is 34.3 Å². The van der Waals surface area contributed by atoms with Gasteiger partial charge >= 0.3 is 0 Å². The predicted molar refractivity (Wildman–Crippen MR) is 117 cm³/mol. The number of carbonyl (C=O) groups excluding carboxylic acids is 2. The molecule has 1 aliphatic rings. The van der Waals surface area contributed by atoms with Gasteiger partial charge in [-0.2, -0.15) is 0 Å². The number of thiazole rings is 1. The van der Waals surface area contributed by atoms with Crippen LogP contribution in [0.4, 0.5) is 0 Å². The van der Waals surface area contributed by atoms with Crippen molar-refractivity contribution in [3.05, 3.63) is 71.5 Å². The van der Waals surface area contributed by atoms with Gasteiger partial charge in [-0.1, -0.05) is 36.4 Å². The van der Waals surface area contributed by atoms with Crippen LogP contribution in [0.5, 0.6) is 0 Å². The summed E-state index contributed by atoms with van der Waals surface area (Å²) in [4.78, 5) is 33.2. The number of amides is 2. The van der Waals surface area contributed by atoms with Crippen molar-refractivity contribution < 1.29 is 9.59 Å². The van der Waals surface area contributed by atoms with Crippen molar-refractivity contribution in [2.24, 2.45) is 5.92 Å². The highest BCUT2D eigenvalue weighted by Gasteiger charge is 2.29. The summed E-state index contributed by atoms with van der Waals surface area (Å²) in [6.45, 7) is 1.54. The highest BCUT2D eigenvalue weighted by atomic mass is 32.1. The Labute approximate surface area is 178 Å². The third-order valence-corrected chi connectivity index (χ3v) is 6.46. The second-order valence-electron chi connectivity index (χ2n) is 7.66. The van der Waals surface area contributed by atoms with Gasteiger partial charge < -0.3 is 10.2 Å². The molecule has 0 spiro atoms. The zero-order valence-corrected chi connectivity index (χ0v) is 17.3. The molecule has 1 atom stereocenters. The third-order valence-electron chi connectivity index (χ3n) is 5.69. The molecule has 152 valence electrons. The quantitative estimate of drug-likeness (QED) is 0.549. The highest BCUT2D eigenvalue weighted by Crippen LogP contribution is 2.24. The first-order valence-corrected chi connectivity index (χ1v) is 11.0. The topological polar surface area (TPSA) is 66.7 Å². The van der Waals surface area contributed by atoms with Crippen LogP contribution in [0, 0.1) is 5.92 Å². The summed E-state index contributed by atoms with van der Waals surface area (Å²) in [5, 5.41) is 6.99. The molecule has 6 nitrogen and oxygen atoms in total. The Morgan fingerprint density at radius 1 is 1.17 bits per heavy atom. The molecule has 2 aromatic heterocycles. The molecule has 3 heterocycles. The lowest BCUT2D eigenvalue weighted by Crippen LogP contribution is -2.45. The van der Waals surface area contributed by atoms with E-state index in [-0.39, 0.29) is 17.7 Å². The number of nitrogens with zero attached hydrogens (tertiary/aromatic N) is 3. The van der Waals surface area contributed by atoms with E-state index in [1.807, 2.05) is 69.5 Å². The lowest BCUT2D eigenvalue weighted by atomic mass is 9.95. The van der Waals surface area contributed by atoms with Crippen LogP contribution >= 0.6 is 11.3 Å². The fourth-order valence-corrected chi connectivity index (χ4v) is 4.86. The van der Waals surface area contributed by atoms with Crippen LogP contribution in [-0.2, 0) is 11.3 Å². The Balaban J connectivity index is 1.26. The van der Waals surface area contributed by atoms with Crippen LogP contribution < -0.4 is 5.32 Å². The largest absolute Gasteiger partial charge is 0.350 e. The summed E-state index contributed by atoms with van der Waals surface area (Å²) in [6.07, 6.45) is 5.51. The zero-order valence-electron chi connectivity index (χ0n) is 16.5. The van der Waals surface area contributed by atoms with Crippen molar-refractivity contribution in [1.82, 2.24) is 19.6 Å². The average Bonchev–Trinajstić information content (AvgIpc) is 3.39. The summed E-state index contributed by atoms with van der Waals surface area (Å²) in [6, 6.07) is 13.7. The smallest absolute Gasteiger partial charge is 0.254 e. The fourth-order valence-electron chi connectivity index (χ4n) is 4.14. The molecular weight excluding hydrogens is 396 g/mol. The summed E-state index contributed by atoms with van der Waals surface area (Å²) >= 11 is 1.57. The molecule has 7 heteroatoms. The van der Waals surface area contributed by atoms with Crippen molar-refractivity contribution in [3.8, 4) is 0 Å². The number of hydrogen-bond acceptors (Lipinski definition) is 4. The second kappa shape index (κ2) is 7.91. The van der Waals surface area contributed by atoms with Crippen molar-refractivity contribution in [1.29, 1.82) is 0 Å². The molecule has 5 rings (SSSR count). The Morgan fingerprint density at radius 2 is 2.03 bits per heavy atom. The molecule has 0 aliphatic carbocycles. The van der Waals surface area contributed by atoms with Crippen LogP contribution in [0.15, 0.2) is 60.2 Å². The molecule has 2 amide bonds. The van der Waals surface area contributed by atoms with Crippen LogP contribution in [0.2, 0.25) is 0 Å². The molecule has 1 N–H and O–H groups in total. The number of aromatic nitrogens is 2. The Hall–Kier alpha value is -3.19. The van der Waals surface area contributed by atoms with Crippen molar-refractivity contribution in [3.63, 3.8) is 0 Å². The summed E-state index contributed by atoms with van der Waals surface area (Å²) in [5.74, 6) is -0.207. The van der Waals surface area contributed by atoms with E-state index >= 15 is 0 Å². The van der Waals surface area contributed by atoms with Gasteiger partial charge in [-0.05, 0) is 29.7 Å². The van der Waals surface area contributed by atoms with E-state index in [4.69, 9.17) is 0 Å². The van der Waals surface area contributed by atoms with Gasteiger partial charge in [0.15, 0.2) is 4.96 Å². The normalized spacial score (nSPS) is 16.8. The number of piperidine rings is 1. The number of rotatable bonds is 4. The number of carbonyl (C=O) groups is 2. The fraction of sp³-hybridized carbons (Fsp3) is 0.261. The number of nitrogens with one attached hydrogen (secondary N) is 1. The van der Waals surface area contributed by atoms with E-state index < -0.39 is 0 Å². The van der Waals surface area contributed by atoms with E-state index in [1.54, 1.807) is 11.3 Å². The van der Waals surface area contributed by atoms with Crippen molar-refractivity contribution in [2.75, 3.05) is 13.1 Å². The second-order valence-corrected chi connectivity index (χ2v) is 8.53. The molecular formula is C23H22N4O2S. The van der Waals surface area contributed by atoms with Crippen LogP contribution in [0.1, 0.15) is 28.9 Å². The first-order chi connectivity index (χ1) is 14.7. The number of likely N-dealkylation sites (tertiary alicyclic amines) is 1. The monoisotopic (exact) mass is 418 g/mol. The Bertz CT molecular complexity index is 1190. The van der Waals surface area contributed by atoms with Gasteiger partial charge in [0.05, 0.1) is 18.2 Å². The zero-order chi connectivity index (χ0) is 20.5. The van der Waals surface area contributed by atoms with Gasteiger partial charge in [0.2, 0.25) is 5.91 Å². The molecule has 1 unspecified atom stereocenters. The van der Waals surface area contributed by atoms with Gasteiger partial charge in [0, 0.05) is 36.4 Å². The van der Waals surface area contributed by atoms with Gasteiger partial charge in [-0.3, -0.25) is 14.0 Å². The first kappa shape index (κ1) is 18.8. The minimum Gasteiger partial charge on any atom is -0.350 e. The summed E-state index contributed by atoms with van der Waals surface area (Å²) < 4.78 is 1.96. The number of fused-ring (bicyclic) bond motifs is 2. The van der Waals surface area contributed by atoms with Crippen LogP contribution in [-0.4, -0.2) is 39.2 Å². The van der Waals surface area contributed by atoms with Gasteiger partial charge in [0.1, 0.15) is 0 Å². The Morgan fingerprint density at radius 3 is 2.93 bits per heavy atom. The maximum Gasteiger partial charge on any atom is 0.254 e. The number of hydrogen-bond donors (Lipinski definition) is 1. The lowest BCUT2D eigenvalue weighted by molar-refractivity contribution is -0.126. The van der Waals surface area contributed by atoms with Crippen LogP contribution in [0.25, 0.3) is 15.7 Å². The molecule has 1 saturated heterocycles. The van der Waals surface area contributed by atoms with Crippen molar-refractivity contribution in [2.45, 2.75) is 19.4 Å². The van der Waals surface area contributed by atoms with Crippen molar-refractivity contribution >= 4 is 38.9 Å². The average molecular weight is 419 g/mol. The molecule has 1 fully saturated rings. The highest BCUT2D eigenvalue weighted by molar-refractivity contribution is 7.15. The molecule has 0 radical (unpaired) electrons. The van der Waals surface area contributed by atoms with Gasteiger partial charge in [-0.15, -0.1) is 11.3 Å². The van der Waals surface area contributed by atoms with Crippen LogP contribution in [0.3, 0.4) is 0 Å². The van der Waals surface area contributed by atoms with E-state index in [1.165, 1.54) is 0 Å². The Kier molecular flexibility index (Phi) is 4.96. The minimum atomic E-state index is -0.193. The molecule has 30 heavy (non-hydrogen) atoms. The molecule has 2 aromatic carbocycles. The molecule has 0 saturated carbocycles. The molecule has 4 aromatic rings. The van der Waals surface area contributed by atoms with Gasteiger partial charge in [-0.25, -0.2) is 4.98 Å². The maximum absolute atomic E-state index is 13.2. The first-order valence-electron chi connectivity index (χ1n) is 10.1. The SMILES string of the molecule is O=C(NCc1cn2ccsc2n1)C1CCCN(C(=O)c2cccc3ccccc23)C1. The number of imidazole rings is 1.